The Morgan fingerprint density at radius 1 is 1.52 bits per heavy atom. The normalized spacial score (nSPS) is 20.7. The van der Waals surface area contributed by atoms with Gasteiger partial charge in [-0.1, -0.05) is 11.8 Å². The molecule has 1 aliphatic carbocycles. The number of halogens is 1. The molecule has 4 nitrogen and oxygen atoms in total. The van der Waals surface area contributed by atoms with Crippen molar-refractivity contribution < 1.29 is 19.0 Å². The standard InChI is InChI=1S/C16H18FNO3/c1-21-15-6-2-5-14(15)18-16(20)12-8-7-11(4-3-9-19)10-13(12)17/h7-8,10,14-15,19H,2,5-6,9H2,1H3,(H,18,20). The summed E-state index contributed by atoms with van der Waals surface area (Å²) in [7, 11) is 1.62. The van der Waals surface area contributed by atoms with Crippen molar-refractivity contribution in [3.8, 4) is 11.8 Å². The lowest BCUT2D eigenvalue weighted by Gasteiger charge is -2.19. The second kappa shape index (κ2) is 7.21. The molecule has 0 aliphatic heterocycles. The van der Waals surface area contributed by atoms with Gasteiger partial charge in [-0.2, -0.15) is 0 Å². The molecule has 0 heterocycles. The third kappa shape index (κ3) is 3.81. The number of hydrogen-bond acceptors (Lipinski definition) is 3. The molecule has 1 aliphatic rings. The topological polar surface area (TPSA) is 58.6 Å². The minimum absolute atomic E-state index is 0.00768. The van der Waals surface area contributed by atoms with Crippen LogP contribution in [0.15, 0.2) is 18.2 Å². The van der Waals surface area contributed by atoms with Crippen LogP contribution in [0.25, 0.3) is 0 Å². The molecule has 2 unspecified atom stereocenters. The van der Waals surface area contributed by atoms with Gasteiger partial charge in [0.2, 0.25) is 0 Å². The number of methoxy groups -OCH3 is 1. The van der Waals surface area contributed by atoms with Crippen LogP contribution < -0.4 is 5.32 Å². The zero-order valence-corrected chi connectivity index (χ0v) is 11.9. The van der Waals surface area contributed by atoms with Gasteiger partial charge in [0.1, 0.15) is 12.4 Å². The van der Waals surface area contributed by atoms with Gasteiger partial charge >= 0.3 is 0 Å². The number of hydrogen-bond donors (Lipinski definition) is 2. The maximum absolute atomic E-state index is 14.0. The molecule has 21 heavy (non-hydrogen) atoms. The minimum atomic E-state index is -0.621. The highest BCUT2D eigenvalue weighted by molar-refractivity contribution is 5.94. The van der Waals surface area contributed by atoms with E-state index in [0.717, 1.165) is 19.3 Å². The van der Waals surface area contributed by atoms with E-state index in [1.54, 1.807) is 13.2 Å². The van der Waals surface area contributed by atoms with Crippen LogP contribution >= 0.6 is 0 Å². The Labute approximate surface area is 123 Å². The quantitative estimate of drug-likeness (QED) is 0.829. The maximum atomic E-state index is 14.0. The van der Waals surface area contributed by atoms with E-state index in [9.17, 15) is 9.18 Å². The Bertz CT molecular complexity index is 577. The summed E-state index contributed by atoms with van der Waals surface area (Å²) in [4.78, 5) is 12.1. The first-order valence-electron chi connectivity index (χ1n) is 6.88. The van der Waals surface area contributed by atoms with Crippen molar-refractivity contribution >= 4 is 5.91 Å². The molecule has 1 aromatic rings. The molecule has 2 atom stereocenters. The molecule has 1 saturated carbocycles. The van der Waals surface area contributed by atoms with Crippen LogP contribution in [-0.4, -0.2) is 36.9 Å². The fourth-order valence-corrected chi connectivity index (χ4v) is 2.54. The van der Waals surface area contributed by atoms with Crippen molar-refractivity contribution in [3.63, 3.8) is 0 Å². The summed E-state index contributed by atoms with van der Waals surface area (Å²) >= 11 is 0. The van der Waals surface area contributed by atoms with Crippen LogP contribution in [0.4, 0.5) is 4.39 Å². The van der Waals surface area contributed by atoms with Crippen LogP contribution in [0.3, 0.4) is 0 Å². The summed E-state index contributed by atoms with van der Waals surface area (Å²) in [5.74, 6) is 3.97. The van der Waals surface area contributed by atoms with Crippen molar-refractivity contribution in [2.75, 3.05) is 13.7 Å². The molecular weight excluding hydrogens is 273 g/mol. The zero-order chi connectivity index (χ0) is 15.2. The van der Waals surface area contributed by atoms with E-state index < -0.39 is 11.7 Å². The molecule has 1 amide bonds. The van der Waals surface area contributed by atoms with Crippen molar-refractivity contribution in [3.05, 3.63) is 35.1 Å². The summed E-state index contributed by atoms with van der Waals surface area (Å²) in [6.45, 7) is -0.288. The van der Waals surface area contributed by atoms with Crippen LogP contribution in [-0.2, 0) is 4.74 Å². The molecule has 5 heteroatoms. The summed E-state index contributed by atoms with van der Waals surface area (Å²) in [6.07, 6.45) is 2.72. The zero-order valence-electron chi connectivity index (χ0n) is 11.9. The first kappa shape index (κ1) is 15.5. The summed E-state index contributed by atoms with van der Waals surface area (Å²) < 4.78 is 19.3. The lowest BCUT2D eigenvalue weighted by molar-refractivity contribution is 0.0720. The Morgan fingerprint density at radius 3 is 3.00 bits per heavy atom. The van der Waals surface area contributed by atoms with Gasteiger partial charge in [-0.3, -0.25) is 4.79 Å². The highest BCUT2D eigenvalue weighted by Gasteiger charge is 2.29. The lowest BCUT2D eigenvalue weighted by Crippen LogP contribution is -2.41. The molecular formula is C16H18FNO3. The molecule has 0 saturated heterocycles. The minimum Gasteiger partial charge on any atom is -0.384 e. The number of aliphatic hydroxyl groups is 1. The van der Waals surface area contributed by atoms with Gasteiger partial charge in [0.05, 0.1) is 17.7 Å². The number of benzene rings is 1. The average Bonchev–Trinajstić information content (AvgIpc) is 2.92. The van der Waals surface area contributed by atoms with E-state index >= 15 is 0 Å². The number of aliphatic hydroxyl groups excluding tert-OH is 1. The van der Waals surface area contributed by atoms with E-state index in [1.807, 2.05) is 0 Å². The lowest BCUT2D eigenvalue weighted by atomic mass is 10.1. The van der Waals surface area contributed by atoms with E-state index in [1.165, 1.54) is 12.1 Å². The summed E-state index contributed by atoms with van der Waals surface area (Å²) in [5, 5.41) is 11.4. The molecule has 1 aromatic carbocycles. The highest BCUT2D eigenvalue weighted by atomic mass is 19.1. The Balaban J connectivity index is 2.09. The van der Waals surface area contributed by atoms with Gasteiger partial charge in [0.25, 0.3) is 5.91 Å². The predicted molar refractivity (Wildman–Crippen MR) is 76.3 cm³/mol. The number of carbonyl (C=O) groups excluding carboxylic acids is 1. The molecule has 2 rings (SSSR count). The molecule has 0 bridgehead atoms. The van der Waals surface area contributed by atoms with Crippen molar-refractivity contribution in [2.45, 2.75) is 31.4 Å². The first-order chi connectivity index (χ1) is 10.2. The van der Waals surface area contributed by atoms with E-state index in [-0.39, 0.29) is 24.3 Å². The molecule has 2 N–H and O–H groups in total. The van der Waals surface area contributed by atoms with Crippen LogP contribution in [0.1, 0.15) is 35.2 Å². The summed E-state index contributed by atoms with van der Waals surface area (Å²) in [5.41, 5.74) is 0.417. The smallest absolute Gasteiger partial charge is 0.254 e. The average molecular weight is 291 g/mol. The second-order valence-electron chi connectivity index (χ2n) is 4.94. The molecule has 112 valence electrons. The number of ether oxygens (including phenoxy) is 1. The van der Waals surface area contributed by atoms with Gasteiger partial charge in [-0.25, -0.2) is 4.39 Å². The largest absolute Gasteiger partial charge is 0.384 e. The van der Waals surface area contributed by atoms with Crippen molar-refractivity contribution in [1.29, 1.82) is 0 Å². The highest BCUT2D eigenvalue weighted by Crippen LogP contribution is 2.22. The molecule has 1 fully saturated rings. The van der Waals surface area contributed by atoms with Gasteiger partial charge in [0, 0.05) is 12.7 Å². The SMILES string of the molecule is COC1CCCC1NC(=O)c1ccc(C#CCO)cc1F. The predicted octanol–water partition coefficient (Wildman–Crippen LogP) is 1.47. The van der Waals surface area contributed by atoms with Gasteiger partial charge in [-0.15, -0.1) is 0 Å². The number of amides is 1. The van der Waals surface area contributed by atoms with Gasteiger partial charge < -0.3 is 15.2 Å². The van der Waals surface area contributed by atoms with Crippen molar-refractivity contribution in [1.82, 2.24) is 5.32 Å². The molecule has 0 aromatic heterocycles. The Hall–Kier alpha value is -1.90. The van der Waals surface area contributed by atoms with Crippen LogP contribution in [0, 0.1) is 17.7 Å². The number of carbonyl (C=O) groups is 1. The van der Waals surface area contributed by atoms with E-state index in [2.05, 4.69) is 17.2 Å². The number of rotatable bonds is 3. The first-order valence-corrected chi connectivity index (χ1v) is 6.88. The summed E-state index contributed by atoms with van der Waals surface area (Å²) in [6, 6.07) is 4.09. The fraction of sp³-hybridized carbons (Fsp3) is 0.438. The van der Waals surface area contributed by atoms with Gasteiger partial charge in [-0.05, 0) is 37.5 Å². The van der Waals surface area contributed by atoms with E-state index in [4.69, 9.17) is 9.84 Å². The second-order valence-corrected chi connectivity index (χ2v) is 4.94. The van der Waals surface area contributed by atoms with Crippen molar-refractivity contribution in [2.24, 2.45) is 0 Å². The van der Waals surface area contributed by atoms with Crippen LogP contribution in [0.5, 0.6) is 0 Å². The Morgan fingerprint density at radius 2 is 2.33 bits per heavy atom. The fourth-order valence-electron chi connectivity index (χ4n) is 2.54. The van der Waals surface area contributed by atoms with Gasteiger partial charge in [0.15, 0.2) is 0 Å². The third-order valence-electron chi connectivity index (χ3n) is 3.60. The Kier molecular flexibility index (Phi) is 5.32. The third-order valence-corrected chi connectivity index (χ3v) is 3.60. The molecule has 0 spiro atoms. The molecule has 0 radical (unpaired) electrons. The van der Waals surface area contributed by atoms with E-state index in [0.29, 0.717) is 5.56 Å². The van der Waals surface area contributed by atoms with Crippen LogP contribution in [0.2, 0.25) is 0 Å². The maximum Gasteiger partial charge on any atom is 0.254 e. The monoisotopic (exact) mass is 291 g/mol. The number of nitrogens with one attached hydrogen (secondary N) is 1.